The quantitative estimate of drug-likeness (QED) is 0.919. The maximum absolute atomic E-state index is 13.7. The standard InChI is InChI=1S/C12H12BrFO2/c13-8-3-4-9(11(14)5-8)10(6-12(15)16)7-1-2-7/h3-5,7,10H,1-2,6H2,(H,15,16). The van der Waals surface area contributed by atoms with Crippen molar-refractivity contribution in [1.29, 1.82) is 0 Å². The molecule has 0 aromatic heterocycles. The molecule has 0 radical (unpaired) electrons. The lowest BCUT2D eigenvalue weighted by Gasteiger charge is -2.15. The first-order valence-electron chi connectivity index (χ1n) is 5.24. The van der Waals surface area contributed by atoms with Gasteiger partial charge in [-0.2, -0.15) is 0 Å². The van der Waals surface area contributed by atoms with Crippen LogP contribution in [0.25, 0.3) is 0 Å². The Hall–Kier alpha value is -0.900. The van der Waals surface area contributed by atoms with Crippen molar-refractivity contribution < 1.29 is 14.3 Å². The fourth-order valence-corrected chi connectivity index (χ4v) is 2.35. The third kappa shape index (κ3) is 2.61. The first-order chi connectivity index (χ1) is 7.58. The highest BCUT2D eigenvalue weighted by Gasteiger charge is 2.35. The maximum atomic E-state index is 13.7. The summed E-state index contributed by atoms with van der Waals surface area (Å²) in [6.07, 6.45) is 2.03. The zero-order chi connectivity index (χ0) is 11.7. The number of benzene rings is 1. The summed E-state index contributed by atoms with van der Waals surface area (Å²) in [4.78, 5) is 10.8. The fourth-order valence-electron chi connectivity index (χ4n) is 2.02. The summed E-state index contributed by atoms with van der Waals surface area (Å²) >= 11 is 3.19. The van der Waals surface area contributed by atoms with Crippen LogP contribution in [-0.4, -0.2) is 11.1 Å². The number of carboxylic acid groups (broad SMARTS) is 1. The van der Waals surface area contributed by atoms with Crippen LogP contribution in [0, 0.1) is 11.7 Å². The van der Waals surface area contributed by atoms with Gasteiger partial charge in [0.15, 0.2) is 0 Å². The van der Waals surface area contributed by atoms with E-state index in [0.29, 0.717) is 16.0 Å². The molecule has 1 aliphatic rings. The molecule has 86 valence electrons. The van der Waals surface area contributed by atoms with E-state index in [0.717, 1.165) is 12.8 Å². The van der Waals surface area contributed by atoms with Crippen LogP contribution in [0.2, 0.25) is 0 Å². The molecule has 4 heteroatoms. The van der Waals surface area contributed by atoms with Crippen LogP contribution >= 0.6 is 15.9 Å². The molecule has 16 heavy (non-hydrogen) atoms. The highest BCUT2D eigenvalue weighted by molar-refractivity contribution is 9.10. The van der Waals surface area contributed by atoms with Crippen LogP contribution in [0.15, 0.2) is 22.7 Å². The third-order valence-corrected chi connectivity index (χ3v) is 3.44. The van der Waals surface area contributed by atoms with E-state index >= 15 is 0 Å². The van der Waals surface area contributed by atoms with Crippen molar-refractivity contribution in [3.8, 4) is 0 Å². The van der Waals surface area contributed by atoms with Gasteiger partial charge in [-0.25, -0.2) is 4.39 Å². The average Bonchev–Trinajstić information content (AvgIpc) is 2.97. The Kier molecular flexibility index (Phi) is 3.28. The topological polar surface area (TPSA) is 37.3 Å². The van der Waals surface area contributed by atoms with Crippen molar-refractivity contribution in [3.05, 3.63) is 34.1 Å². The Bertz CT molecular complexity index is 415. The van der Waals surface area contributed by atoms with Gasteiger partial charge in [0, 0.05) is 10.4 Å². The Morgan fingerprint density at radius 2 is 2.25 bits per heavy atom. The molecular formula is C12H12BrFO2. The fraction of sp³-hybridized carbons (Fsp3) is 0.417. The number of hydrogen-bond donors (Lipinski definition) is 1. The van der Waals surface area contributed by atoms with Crippen molar-refractivity contribution in [1.82, 2.24) is 0 Å². The van der Waals surface area contributed by atoms with Crippen LogP contribution in [0.5, 0.6) is 0 Å². The Balaban J connectivity index is 2.27. The van der Waals surface area contributed by atoms with Crippen molar-refractivity contribution in [2.75, 3.05) is 0 Å². The molecule has 1 aliphatic carbocycles. The molecule has 1 saturated carbocycles. The van der Waals surface area contributed by atoms with Gasteiger partial charge in [-0.3, -0.25) is 4.79 Å². The van der Waals surface area contributed by atoms with E-state index in [4.69, 9.17) is 5.11 Å². The van der Waals surface area contributed by atoms with Crippen LogP contribution in [0.1, 0.15) is 30.7 Å². The largest absolute Gasteiger partial charge is 0.481 e. The second-order valence-electron chi connectivity index (χ2n) is 4.21. The van der Waals surface area contributed by atoms with Gasteiger partial charge in [0.05, 0.1) is 6.42 Å². The summed E-state index contributed by atoms with van der Waals surface area (Å²) in [5.41, 5.74) is 0.535. The summed E-state index contributed by atoms with van der Waals surface area (Å²) in [5, 5.41) is 8.84. The smallest absolute Gasteiger partial charge is 0.303 e. The molecule has 0 bridgehead atoms. The van der Waals surface area contributed by atoms with E-state index in [1.54, 1.807) is 12.1 Å². The van der Waals surface area contributed by atoms with Gasteiger partial charge >= 0.3 is 5.97 Å². The highest BCUT2D eigenvalue weighted by atomic mass is 79.9. The predicted octanol–water partition coefficient (Wildman–Crippen LogP) is 3.56. The molecule has 2 nitrogen and oxygen atoms in total. The summed E-state index contributed by atoms with van der Waals surface area (Å²) in [5.74, 6) is -1.01. The lowest BCUT2D eigenvalue weighted by Crippen LogP contribution is -2.10. The number of carboxylic acids is 1. The number of aliphatic carboxylic acids is 1. The van der Waals surface area contributed by atoms with E-state index in [1.165, 1.54) is 6.07 Å². The second-order valence-corrected chi connectivity index (χ2v) is 5.12. The summed E-state index contributed by atoms with van der Waals surface area (Å²) in [7, 11) is 0. The molecule has 1 fully saturated rings. The van der Waals surface area contributed by atoms with E-state index < -0.39 is 5.97 Å². The van der Waals surface area contributed by atoms with E-state index in [1.807, 2.05) is 0 Å². The molecule has 2 rings (SSSR count). The van der Waals surface area contributed by atoms with Gasteiger partial charge < -0.3 is 5.11 Å². The lowest BCUT2D eigenvalue weighted by molar-refractivity contribution is -0.137. The molecular weight excluding hydrogens is 275 g/mol. The Morgan fingerprint density at radius 1 is 1.56 bits per heavy atom. The number of halogens is 2. The third-order valence-electron chi connectivity index (χ3n) is 2.95. The predicted molar refractivity (Wildman–Crippen MR) is 61.8 cm³/mol. The Labute approximate surface area is 102 Å². The molecule has 1 atom stereocenters. The number of hydrogen-bond acceptors (Lipinski definition) is 1. The first kappa shape index (κ1) is 11.6. The minimum atomic E-state index is -0.862. The lowest BCUT2D eigenvalue weighted by atomic mass is 9.91. The van der Waals surface area contributed by atoms with Gasteiger partial charge in [0.1, 0.15) is 5.82 Å². The summed E-state index contributed by atoms with van der Waals surface area (Å²) < 4.78 is 14.4. The highest BCUT2D eigenvalue weighted by Crippen LogP contribution is 2.45. The molecule has 1 aromatic carbocycles. The van der Waals surface area contributed by atoms with Gasteiger partial charge in [-0.15, -0.1) is 0 Å². The molecule has 0 spiro atoms. The monoisotopic (exact) mass is 286 g/mol. The van der Waals surface area contributed by atoms with Crippen LogP contribution in [0.4, 0.5) is 4.39 Å². The minimum Gasteiger partial charge on any atom is -0.481 e. The van der Waals surface area contributed by atoms with Crippen LogP contribution in [-0.2, 0) is 4.79 Å². The van der Waals surface area contributed by atoms with Gasteiger partial charge in [-0.05, 0) is 36.5 Å². The number of carbonyl (C=O) groups is 1. The summed E-state index contributed by atoms with van der Waals surface area (Å²) in [6, 6.07) is 4.84. The average molecular weight is 287 g/mol. The van der Waals surface area contributed by atoms with Gasteiger partial charge in [0.2, 0.25) is 0 Å². The molecule has 0 amide bonds. The van der Waals surface area contributed by atoms with Crippen molar-refractivity contribution >= 4 is 21.9 Å². The molecule has 0 heterocycles. The van der Waals surface area contributed by atoms with Crippen molar-refractivity contribution in [2.24, 2.45) is 5.92 Å². The van der Waals surface area contributed by atoms with Crippen molar-refractivity contribution in [2.45, 2.75) is 25.2 Å². The van der Waals surface area contributed by atoms with Gasteiger partial charge in [0.25, 0.3) is 0 Å². The van der Waals surface area contributed by atoms with Gasteiger partial charge in [-0.1, -0.05) is 22.0 Å². The molecule has 0 aliphatic heterocycles. The zero-order valence-electron chi connectivity index (χ0n) is 8.62. The molecule has 1 N–H and O–H groups in total. The summed E-state index contributed by atoms with van der Waals surface area (Å²) in [6.45, 7) is 0. The second kappa shape index (κ2) is 4.53. The van der Waals surface area contributed by atoms with E-state index in [2.05, 4.69) is 15.9 Å². The maximum Gasteiger partial charge on any atom is 0.303 e. The first-order valence-corrected chi connectivity index (χ1v) is 6.04. The zero-order valence-corrected chi connectivity index (χ0v) is 10.2. The van der Waals surface area contributed by atoms with E-state index in [9.17, 15) is 9.18 Å². The van der Waals surface area contributed by atoms with Crippen LogP contribution < -0.4 is 0 Å². The Morgan fingerprint density at radius 3 is 2.75 bits per heavy atom. The minimum absolute atomic E-state index is 0.0171. The SMILES string of the molecule is O=C(O)CC(c1ccc(Br)cc1F)C1CC1. The number of rotatable bonds is 4. The molecule has 0 saturated heterocycles. The van der Waals surface area contributed by atoms with Crippen molar-refractivity contribution in [3.63, 3.8) is 0 Å². The van der Waals surface area contributed by atoms with E-state index in [-0.39, 0.29) is 18.2 Å². The van der Waals surface area contributed by atoms with Crippen LogP contribution in [0.3, 0.4) is 0 Å². The molecule has 1 aromatic rings. The normalized spacial score (nSPS) is 17.1. The molecule has 1 unspecified atom stereocenters.